The highest BCUT2D eigenvalue weighted by molar-refractivity contribution is 5.79. The van der Waals surface area contributed by atoms with E-state index < -0.39 is 0 Å². The van der Waals surface area contributed by atoms with Gasteiger partial charge in [-0.15, -0.1) is 0 Å². The van der Waals surface area contributed by atoms with Gasteiger partial charge in [0.25, 0.3) is 0 Å². The highest BCUT2D eigenvalue weighted by atomic mass is 16.2. The van der Waals surface area contributed by atoms with Gasteiger partial charge in [-0.3, -0.25) is 4.79 Å². The second-order valence-electron chi connectivity index (χ2n) is 8.26. The van der Waals surface area contributed by atoms with Crippen LogP contribution in [-0.2, 0) is 4.79 Å². The van der Waals surface area contributed by atoms with E-state index in [0.29, 0.717) is 11.8 Å². The van der Waals surface area contributed by atoms with Crippen molar-refractivity contribution in [3.05, 3.63) is 0 Å². The normalized spacial score (nSPS) is 36.9. The number of carbonyl (C=O) groups is 1. The summed E-state index contributed by atoms with van der Waals surface area (Å²) in [5.74, 6) is 1.27. The Balaban J connectivity index is 1.52. The molecule has 0 aromatic carbocycles. The highest BCUT2D eigenvalue weighted by Crippen LogP contribution is 2.28. The highest BCUT2D eigenvalue weighted by Gasteiger charge is 2.32. The maximum Gasteiger partial charge on any atom is 0.225 e. The average molecular weight is 322 g/mol. The Morgan fingerprint density at radius 2 is 1.91 bits per heavy atom. The van der Waals surface area contributed by atoms with Crippen molar-refractivity contribution >= 4 is 5.91 Å². The first kappa shape index (κ1) is 17.2. The third-order valence-electron chi connectivity index (χ3n) is 6.33. The van der Waals surface area contributed by atoms with E-state index >= 15 is 0 Å². The summed E-state index contributed by atoms with van der Waals surface area (Å²) in [7, 11) is 0. The summed E-state index contributed by atoms with van der Waals surface area (Å²) in [5.41, 5.74) is 6.08. The van der Waals surface area contributed by atoms with Crippen molar-refractivity contribution in [2.45, 2.75) is 76.8 Å². The quantitative estimate of drug-likeness (QED) is 0.869. The number of carbonyl (C=O) groups excluding carboxylic acids is 1. The zero-order valence-corrected chi connectivity index (χ0v) is 14.9. The SMILES string of the molecule is CC1CCCCN1CC1CCCN(C(=O)C2CCCC(N)C2)C1. The van der Waals surface area contributed by atoms with Gasteiger partial charge in [-0.05, 0) is 64.3 Å². The molecule has 4 heteroatoms. The van der Waals surface area contributed by atoms with Crippen LogP contribution in [0.25, 0.3) is 0 Å². The molecule has 0 aromatic rings. The Kier molecular flexibility index (Phi) is 5.97. The standard InChI is InChI=1S/C19H35N3O/c1-15-6-2-3-10-21(15)13-16-7-5-11-22(14-16)19(23)17-8-4-9-18(20)12-17/h15-18H,2-14,20H2,1H3. The van der Waals surface area contributed by atoms with Gasteiger partial charge >= 0.3 is 0 Å². The van der Waals surface area contributed by atoms with Gasteiger partial charge in [0.15, 0.2) is 0 Å². The van der Waals surface area contributed by atoms with Crippen LogP contribution in [0, 0.1) is 11.8 Å². The van der Waals surface area contributed by atoms with Crippen molar-refractivity contribution in [2.24, 2.45) is 17.6 Å². The molecule has 1 amide bonds. The molecule has 4 atom stereocenters. The van der Waals surface area contributed by atoms with Crippen molar-refractivity contribution in [3.63, 3.8) is 0 Å². The zero-order chi connectivity index (χ0) is 16.2. The predicted octanol–water partition coefficient (Wildman–Crippen LogP) is 2.62. The first-order chi connectivity index (χ1) is 11.1. The topological polar surface area (TPSA) is 49.6 Å². The summed E-state index contributed by atoms with van der Waals surface area (Å²) in [6.07, 6.45) is 10.7. The Bertz CT molecular complexity index is 400. The third-order valence-corrected chi connectivity index (χ3v) is 6.33. The van der Waals surface area contributed by atoms with E-state index in [1.165, 1.54) is 45.2 Å². The van der Waals surface area contributed by atoms with Crippen molar-refractivity contribution in [1.82, 2.24) is 9.80 Å². The van der Waals surface area contributed by atoms with Gasteiger partial charge in [-0.25, -0.2) is 0 Å². The first-order valence-corrected chi connectivity index (χ1v) is 9.92. The maximum atomic E-state index is 12.9. The van der Waals surface area contributed by atoms with Gasteiger partial charge in [-0.2, -0.15) is 0 Å². The van der Waals surface area contributed by atoms with Crippen LogP contribution in [-0.4, -0.2) is 54.0 Å². The number of hydrogen-bond acceptors (Lipinski definition) is 3. The van der Waals surface area contributed by atoms with E-state index in [-0.39, 0.29) is 12.0 Å². The second kappa shape index (κ2) is 7.98. The van der Waals surface area contributed by atoms with Crippen molar-refractivity contribution in [1.29, 1.82) is 0 Å². The van der Waals surface area contributed by atoms with Crippen LogP contribution >= 0.6 is 0 Å². The summed E-state index contributed by atoms with van der Waals surface area (Å²) < 4.78 is 0. The van der Waals surface area contributed by atoms with Crippen LogP contribution in [0.4, 0.5) is 0 Å². The summed E-state index contributed by atoms with van der Waals surface area (Å²) in [4.78, 5) is 17.7. The summed E-state index contributed by atoms with van der Waals surface area (Å²) in [5, 5.41) is 0. The molecule has 3 fully saturated rings. The fourth-order valence-electron chi connectivity index (χ4n) is 4.88. The summed E-state index contributed by atoms with van der Waals surface area (Å²) in [6, 6.07) is 0.971. The Morgan fingerprint density at radius 1 is 1.04 bits per heavy atom. The molecule has 4 nitrogen and oxygen atoms in total. The monoisotopic (exact) mass is 321 g/mol. The van der Waals surface area contributed by atoms with E-state index in [1.54, 1.807) is 0 Å². The van der Waals surface area contributed by atoms with E-state index in [2.05, 4.69) is 16.7 Å². The molecular formula is C19H35N3O. The molecule has 1 aliphatic carbocycles. The van der Waals surface area contributed by atoms with Gasteiger partial charge in [0.1, 0.15) is 0 Å². The Hall–Kier alpha value is -0.610. The lowest BCUT2D eigenvalue weighted by Crippen LogP contribution is -2.49. The van der Waals surface area contributed by atoms with Gasteiger partial charge in [-0.1, -0.05) is 12.8 Å². The summed E-state index contributed by atoms with van der Waals surface area (Å²) in [6.45, 7) is 6.76. The molecule has 0 aromatic heterocycles. The van der Waals surface area contributed by atoms with Gasteiger partial charge < -0.3 is 15.5 Å². The van der Waals surface area contributed by atoms with Crippen molar-refractivity contribution in [3.8, 4) is 0 Å². The molecule has 2 saturated heterocycles. The van der Waals surface area contributed by atoms with Crippen LogP contribution in [0.3, 0.4) is 0 Å². The van der Waals surface area contributed by atoms with Crippen molar-refractivity contribution < 1.29 is 4.79 Å². The number of likely N-dealkylation sites (tertiary alicyclic amines) is 2. The fourth-order valence-corrected chi connectivity index (χ4v) is 4.88. The molecule has 0 spiro atoms. The van der Waals surface area contributed by atoms with Gasteiger partial charge in [0.05, 0.1) is 0 Å². The molecule has 1 saturated carbocycles. The molecule has 3 aliphatic rings. The number of hydrogen-bond donors (Lipinski definition) is 1. The minimum atomic E-state index is 0.200. The van der Waals surface area contributed by atoms with E-state index in [1.807, 2.05) is 0 Å². The molecule has 23 heavy (non-hydrogen) atoms. The van der Waals surface area contributed by atoms with Gasteiger partial charge in [0, 0.05) is 37.6 Å². The lowest BCUT2D eigenvalue weighted by molar-refractivity contribution is -0.138. The van der Waals surface area contributed by atoms with E-state index in [9.17, 15) is 4.79 Å². The summed E-state index contributed by atoms with van der Waals surface area (Å²) >= 11 is 0. The number of amides is 1. The molecule has 4 unspecified atom stereocenters. The lowest BCUT2D eigenvalue weighted by Gasteiger charge is -2.41. The largest absolute Gasteiger partial charge is 0.342 e. The predicted molar refractivity (Wildman–Crippen MR) is 94.1 cm³/mol. The minimum Gasteiger partial charge on any atom is -0.342 e. The molecule has 2 heterocycles. The first-order valence-electron chi connectivity index (χ1n) is 9.92. The molecule has 2 aliphatic heterocycles. The number of nitrogens with zero attached hydrogens (tertiary/aromatic N) is 2. The number of piperidine rings is 2. The molecule has 3 rings (SSSR count). The fraction of sp³-hybridized carbons (Fsp3) is 0.947. The maximum absolute atomic E-state index is 12.9. The van der Waals surface area contributed by atoms with Gasteiger partial charge in [0.2, 0.25) is 5.91 Å². The smallest absolute Gasteiger partial charge is 0.225 e. The third kappa shape index (κ3) is 4.48. The zero-order valence-electron chi connectivity index (χ0n) is 14.9. The molecule has 0 radical (unpaired) electrons. The Labute approximate surface area is 141 Å². The number of rotatable bonds is 3. The molecule has 2 N–H and O–H groups in total. The van der Waals surface area contributed by atoms with E-state index in [0.717, 1.165) is 44.8 Å². The van der Waals surface area contributed by atoms with Crippen LogP contribution < -0.4 is 5.73 Å². The van der Waals surface area contributed by atoms with Crippen LogP contribution in [0.2, 0.25) is 0 Å². The average Bonchev–Trinajstić information content (AvgIpc) is 2.56. The molecule has 132 valence electrons. The second-order valence-corrected chi connectivity index (χ2v) is 8.26. The van der Waals surface area contributed by atoms with E-state index in [4.69, 9.17) is 5.73 Å². The minimum absolute atomic E-state index is 0.200. The van der Waals surface area contributed by atoms with Crippen LogP contribution in [0.5, 0.6) is 0 Å². The van der Waals surface area contributed by atoms with Crippen LogP contribution in [0.15, 0.2) is 0 Å². The van der Waals surface area contributed by atoms with Crippen molar-refractivity contribution in [2.75, 3.05) is 26.2 Å². The Morgan fingerprint density at radius 3 is 2.70 bits per heavy atom. The number of nitrogens with two attached hydrogens (primary N) is 1. The lowest BCUT2D eigenvalue weighted by atomic mass is 9.84. The van der Waals surface area contributed by atoms with Crippen LogP contribution in [0.1, 0.15) is 64.7 Å². The molecule has 0 bridgehead atoms. The molecular weight excluding hydrogens is 286 g/mol.